The SMILES string of the molecule is CC(C)n1c(/C=C/[C@@H](O)C[C@@H](O)CC(=O)O)c(-c2ccc(F)cc2)c2ccccc21.CC(C)n1c(/C=C/[C@@H]2C[C@@H](O)CC(=O)O2)c(-c2ccc(F)cc2)c2ccccc21.CC[C@H](C)C(=O)O[C@H]1C[C@@H](C)C=C2C=C[C@H](C)[C@H](CC[C@@H]3C[C@@H](O)CC(=O)O3)[C@H]21.O=C(O)C[C@H](O)C[C@H](O)/C=C/c1c(C2CC2)nc2ccccc2c1-c1ccc(F)cc1.O=C1C[C@H](O)C[C@@H](/C=C/c2c(C3CC3)nc3ccccc3c2-c2ccc(F)cc2)O1. The lowest BCUT2D eigenvalue weighted by molar-refractivity contribution is -0.162. The average molecular weight is 2030 g/mol. The number of aliphatic hydroxyl groups excluding tert-OH is 7. The number of para-hydroxylation sites is 4. The second-order valence-corrected chi connectivity index (χ2v) is 40.8. The standard InChI is InChI=1S/C25H24FNO4.C25H22FNO3.C24H26FNO4.C24H24FNO3.C24H36O5/c26-17-9-7-15(8-10-17)24-20-3-1-2-4-22(20)27-25(16-5-6-16)21(24)12-11-18(28)13-19(29)14-23(30)31;26-17-9-7-15(8-10-17)24-20-3-1-2-4-22(20)27-25(16-5-6-16)21(24)12-11-19-13-18(28)14-23(29)30-19;1-15(2)26-21-6-4-3-5-20(21)24(16-7-9-17(25)10-8-16)22(26)12-11-18(27)13-19(28)14-23(29)30;1-15(2)26-21-6-4-3-5-20(21)24(16-7-9-17(25)10-8-16)22(26)12-11-19-13-18(27)14-23(28)29-19;1-5-15(3)24(27)29-21-11-14(2)10-17-7-6-16(4)20(23(17)21)9-8-19-12-18(25)13-22(26)28-19/h1-4,7-12,16,18-19,28-29H,5-6,13-14H2,(H,30,31);1-4,7-12,16,18-19,28H,5-6,13-14H2;3-12,15,18-19,27-28H,13-14H2,1-2H3,(H,29,30);3-12,15,18-19,27H,13-14H2,1-2H3;6-7,10,14-16,18-21,23,25H,5,8-9,11-13H2,1-4H3/b4*12-11+;/t4*18-,19-;14-,15-,16-,18+,19+,20-,21-,23-/m11110/s1. The topological polar surface area (TPSA) is 357 Å². The Kier molecular flexibility index (Phi) is 36.8. The summed E-state index contributed by atoms with van der Waals surface area (Å²) in [4.78, 5) is 78.9. The van der Waals surface area contributed by atoms with E-state index in [1.807, 2.05) is 123 Å². The predicted molar refractivity (Wildman–Crippen MR) is 569 cm³/mol. The van der Waals surface area contributed by atoms with E-state index in [-0.39, 0.29) is 115 Å². The predicted octanol–water partition coefficient (Wildman–Crippen LogP) is 23.4. The van der Waals surface area contributed by atoms with Crippen molar-refractivity contribution in [2.75, 3.05) is 0 Å². The molecule has 12 aromatic rings. The van der Waals surface area contributed by atoms with Crippen LogP contribution in [0.4, 0.5) is 17.6 Å². The number of rotatable bonds is 30. The van der Waals surface area contributed by atoms with Crippen molar-refractivity contribution in [2.24, 2.45) is 29.6 Å². The number of aromatic nitrogens is 4. The van der Waals surface area contributed by atoms with E-state index in [2.05, 4.69) is 81.0 Å². The highest BCUT2D eigenvalue weighted by atomic mass is 19.1. The fourth-order valence-corrected chi connectivity index (χ4v) is 20.9. The smallest absolute Gasteiger partial charge is 0.309 e. The van der Waals surface area contributed by atoms with Crippen molar-refractivity contribution in [1.82, 2.24) is 19.1 Å². The van der Waals surface area contributed by atoms with Gasteiger partial charge in [-0.15, -0.1) is 0 Å². The fraction of sp³-hybridized carbons (Fsp3) is 0.377. The molecule has 4 aliphatic carbocycles. The molecule has 2 saturated carbocycles. The van der Waals surface area contributed by atoms with Crippen LogP contribution in [0.2, 0.25) is 0 Å². The van der Waals surface area contributed by atoms with Crippen LogP contribution in [0.3, 0.4) is 0 Å². The van der Waals surface area contributed by atoms with E-state index in [1.165, 1.54) is 54.1 Å². The Bertz CT molecular complexity index is 6940. The van der Waals surface area contributed by atoms with Crippen LogP contribution in [0.5, 0.6) is 0 Å². The molecule has 4 aromatic heterocycles. The first-order valence-corrected chi connectivity index (χ1v) is 51.8. The molecule has 3 aliphatic heterocycles. The summed E-state index contributed by atoms with van der Waals surface area (Å²) in [6.45, 7) is 16.7. The molecule has 3 saturated heterocycles. The molecule has 0 spiro atoms. The van der Waals surface area contributed by atoms with Crippen molar-refractivity contribution in [1.29, 1.82) is 0 Å². The highest BCUT2D eigenvalue weighted by Crippen LogP contribution is 2.51. The highest BCUT2D eigenvalue weighted by Gasteiger charge is 2.43. The monoisotopic (exact) mass is 2030 g/mol. The number of aliphatic hydroxyl groups is 7. The molecule has 149 heavy (non-hydrogen) atoms. The summed E-state index contributed by atoms with van der Waals surface area (Å²) in [6.07, 6.45) is 21.5. The Morgan fingerprint density at radius 2 is 0.859 bits per heavy atom. The van der Waals surface area contributed by atoms with Crippen LogP contribution in [0.15, 0.2) is 242 Å². The minimum Gasteiger partial charge on any atom is -0.481 e. The number of pyridine rings is 2. The molecular formula is C122H132F4N4O19. The number of halogens is 4. The molecule has 0 unspecified atom stereocenters. The number of benzene rings is 8. The minimum atomic E-state index is -1.13. The van der Waals surface area contributed by atoms with Crippen molar-refractivity contribution in [3.8, 4) is 44.5 Å². The molecule has 16 atom stereocenters. The average Bonchev–Trinajstić information content (AvgIpc) is 1.69. The number of aliphatic carboxylic acids is 2. The molecule has 8 aromatic carbocycles. The maximum absolute atomic E-state index is 13.6. The Balaban J connectivity index is 0.000000139. The van der Waals surface area contributed by atoms with Gasteiger partial charge in [-0.3, -0.25) is 38.7 Å². The first kappa shape index (κ1) is 110. The molecule has 9 N–H and O–H groups in total. The first-order chi connectivity index (χ1) is 71.5. The molecule has 7 aliphatic rings. The summed E-state index contributed by atoms with van der Waals surface area (Å²) in [6, 6.07) is 57.8. The van der Waals surface area contributed by atoms with E-state index in [0.717, 1.165) is 173 Å². The van der Waals surface area contributed by atoms with Gasteiger partial charge < -0.3 is 74.0 Å². The van der Waals surface area contributed by atoms with Crippen LogP contribution in [0, 0.1) is 52.9 Å². The van der Waals surface area contributed by atoms with Gasteiger partial charge in [-0.25, -0.2) is 17.6 Å². The van der Waals surface area contributed by atoms with Crippen LogP contribution in [0.25, 0.3) is 112 Å². The summed E-state index contributed by atoms with van der Waals surface area (Å²) in [5.41, 5.74) is 18.1. The molecule has 782 valence electrons. The number of fused-ring (bicyclic) bond motifs is 5. The molecular weight excluding hydrogens is 1900 g/mol. The van der Waals surface area contributed by atoms with E-state index >= 15 is 0 Å². The van der Waals surface area contributed by atoms with Gasteiger partial charge in [0.05, 0.1) is 103 Å². The van der Waals surface area contributed by atoms with Crippen molar-refractivity contribution >= 4 is 104 Å². The lowest BCUT2D eigenvalue weighted by Gasteiger charge is -2.43. The van der Waals surface area contributed by atoms with E-state index in [4.69, 9.17) is 39.1 Å². The van der Waals surface area contributed by atoms with Gasteiger partial charge in [0.2, 0.25) is 0 Å². The third-order valence-electron chi connectivity index (χ3n) is 28.4. The Labute approximate surface area is 864 Å². The zero-order chi connectivity index (χ0) is 106. The molecule has 27 heteroatoms. The fourth-order valence-electron chi connectivity index (χ4n) is 20.9. The zero-order valence-corrected chi connectivity index (χ0v) is 85.0. The minimum absolute atomic E-state index is 0.0377. The molecule has 23 nitrogen and oxygen atoms in total. The van der Waals surface area contributed by atoms with Gasteiger partial charge in [0, 0.05) is 139 Å². The lowest BCUT2D eigenvalue weighted by atomic mass is 9.65. The molecule has 0 amide bonds. The van der Waals surface area contributed by atoms with E-state index in [9.17, 15) is 82.1 Å². The van der Waals surface area contributed by atoms with Gasteiger partial charge in [-0.1, -0.05) is 192 Å². The number of esters is 4. The Morgan fingerprint density at radius 3 is 1.28 bits per heavy atom. The van der Waals surface area contributed by atoms with Crippen molar-refractivity contribution in [3.05, 3.63) is 299 Å². The van der Waals surface area contributed by atoms with Gasteiger partial charge in [-0.2, -0.15) is 0 Å². The maximum Gasteiger partial charge on any atom is 0.309 e. The number of carbonyl (C=O) groups excluding carboxylic acids is 4. The van der Waals surface area contributed by atoms with Crippen molar-refractivity contribution in [3.63, 3.8) is 0 Å². The molecule has 7 heterocycles. The molecule has 19 rings (SSSR count). The lowest BCUT2D eigenvalue weighted by Crippen LogP contribution is -2.42. The molecule has 0 bridgehead atoms. The largest absolute Gasteiger partial charge is 0.481 e. The quantitative estimate of drug-likeness (QED) is 0.0115. The van der Waals surface area contributed by atoms with Crippen LogP contribution < -0.4 is 0 Å². The van der Waals surface area contributed by atoms with Gasteiger partial charge in [0.25, 0.3) is 0 Å². The number of carboxylic acid groups (broad SMARTS) is 2. The summed E-state index contributed by atoms with van der Waals surface area (Å²) in [5, 5.41) is 91.5. The van der Waals surface area contributed by atoms with Crippen LogP contribution >= 0.6 is 0 Å². The van der Waals surface area contributed by atoms with E-state index in [0.29, 0.717) is 48.9 Å². The summed E-state index contributed by atoms with van der Waals surface area (Å²) in [5.74, 6) is -2.70. The Hall–Kier alpha value is -13.6. The van der Waals surface area contributed by atoms with Crippen LogP contribution in [0.1, 0.15) is 229 Å². The van der Waals surface area contributed by atoms with Crippen molar-refractivity contribution in [2.45, 2.75) is 262 Å². The number of hydrogen-bond acceptors (Lipinski definition) is 19. The van der Waals surface area contributed by atoms with Crippen molar-refractivity contribution < 1.29 is 111 Å². The number of allylic oxidation sites excluding steroid dienone is 3. The van der Waals surface area contributed by atoms with E-state index in [1.54, 1.807) is 72.8 Å². The van der Waals surface area contributed by atoms with Gasteiger partial charge >= 0.3 is 35.8 Å². The first-order valence-electron chi connectivity index (χ1n) is 51.8. The summed E-state index contributed by atoms with van der Waals surface area (Å²) >= 11 is 0. The van der Waals surface area contributed by atoms with E-state index < -0.39 is 79.7 Å². The molecule has 0 radical (unpaired) electrons. The number of carbonyl (C=O) groups is 6. The third kappa shape index (κ3) is 28.3. The number of carboxylic acids is 2. The second-order valence-electron chi connectivity index (χ2n) is 40.8. The normalized spacial score (nSPS) is 21.8. The van der Waals surface area contributed by atoms with Gasteiger partial charge in [0.1, 0.15) is 47.7 Å². The number of nitrogens with zero attached hydrogens (tertiary/aromatic N) is 4. The number of hydrogen-bond donors (Lipinski definition) is 9. The summed E-state index contributed by atoms with van der Waals surface area (Å²) < 4.78 is 80.8. The zero-order valence-electron chi connectivity index (χ0n) is 85.0. The Morgan fingerprint density at radius 1 is 0.470 bits per heavy atom. The third-order valence-corrected chi connectivity index (χ3v) is 28.4. The second kappa shape index (κ2) is 50.1. The summed E-state index contributed by atoms with van der Waals surface area (Å²) in [7, 11) is 0. The van der Waals surface area contributed by atoms with Crippen LogP contribution in [-0.2, 0) is 47.7 Å². The van der Waals surface area contributed by atoms with Gasteiger partial charge in [-0.05, 0) is 222 Å². The van der Waals surface area contributed by atoms with Crippen LogP contribution in [-0.4, -0.2) is 168 Å². The van der Waals surface area contributed by atoms with Gasteiger partial charge in [0.15, 0.2) is 0 Å². The molecule has 5 fully saturated rings. The highest BCUT2D eigenvalue weighted by molar-refractivity contribution is 6.04. The number of cyclic esters (lactones) is 3. The number of ether oxygens (including phenoxy) is 4. The maximum atomic E-state index is 13.6.